The van der Waals surface area contributed by atoms with Crippen LogP contribution in [0, 0.1) is 5.82 Å². The number of hydrogen-bond acceptors (Lipinski definition) is 4. The smallest absolute Gasteiger partial charge is 0.322 e. The Hall–Kier alpha value is -2.61. The van der Waals surface area contributed by atoms with Crippen molar-refractivity contribution in [3.05, 3.63) is 92.1 Å². The van der Waals surface area contributed by atoms with E-state index in [1.807, 2.05) is 0 Å². The van der Waals surface area contributed by atoms with Crippen molar-refractivity contribution in [1.82, 2.24) is 0 Å². The summed E-state index contributed by atoms with van der Waals surface area (Å²) in [4.78, 5) is 20.6. The lowest BCUT2D eigenvalue weighted by molar-refractivity contribution is -0.137. The summed E-state index contributed by atoms with van der Waals surface area (Å²) in [5, 5.41) is 7.32. The summed E-state index contributed by atoms with van der Waals surface area (Å²) in [6.07, 6.45) is 0. The second kappa shape index (κ2) is 6.97. The molecule has 3 aromatic rings. The third-order valence-electron chi connectivity index (χ3n) is 4.95. The first kappa shape index (κ1) is 19.4. The molecule has 2 aliphatic heterocycles. The van der Waals surface area contributed by atoms with Gasteiger partial charge in [0.25, 0.3) is 5.91 Å². The molecular weight excluding hydrogens is 496 g/mol. The first-order valence-corrected chi connectivity index (χ1v) is 10.3. The van der Waals surface area contributed by atoms with Gasteiger partial charge in [-0.15, -0.1) is 0 Å². The lowest BCUT2D eigenvalue weighted by atomic mass is 10.00. The van der Waals surface area contributed by atoms with Crippen LogP contribution in [0.15, 0.2) is 70.3 Å². The van der Waals surface area contributed by atoms with E-state index >= 15 is 0 Å². The fourth-order valence-electron chi connectivity index (χ4n) is 3.65. The van der Waals surface area contributed by atoms with E-state index in [9.17, 15) is 9.18 Å². The first-order chi connectivity index (χ1) is 14.4. The van der Waals surface area contributed by atoms with Gasteiger partial charge in [-0.3, -0.25) is 9.69 Å². The van der Waals surface area contributed by atoms with E-state index < -0.39 is 17.4 Å². The molecule has 2 heterocycles. The quantitative estimate of drug-likeness (QED) is 0.471. The minimum Gasteiger partial charge on any atom is -0.349 e. The van der Waals surface area contributed by atoms with Crippen molar-refractivity contribution in [3.8, 4) is 0 Å². The topological polar surface area (TPSA) is 53.9 Å². The molecule has 1 atom stereocenters. The highest BCUT2D eigenvalue weighted by molar-refractivity contribution is 9.10. The fourth-order valence-corrected chi connectivity index (χ4v) is 4.37. The van der Waals surface area contributed by atoms with E-state index in [0.717, 1.165) is 4.47 Å². The molecule has 0 aromatic heterocycles. The summed E-state index contributed by atoms with van der Waals surface area (Å²) in [6, 6.07) is 16.7. The Labute approximate surface area is 189 Å². The van der Waals surface area contributed by atoms with Crippen molar-refractivity contribution >= 4 is 62.2 Å². The third-order valence-corrected chi connectivity index (χ3v) is 5.97. The van der Waals surface area contributed by atoms with Crippen molar-refractivity contribution < 1.29 is 14.0 Å². The van der Waals surface area contributed by atoms with Crippen molar-refractivity contribution in [2.24, 2.45) is 5.16 Å². The highest BCUT2D eigenvalue weighted by Gasteiger charge is 2.60. The zero-order valence-electron chi connectivity index (χ0n) is 15.0. The number of benzene rings is 3. The van der Waals surface area contributed by atoms with Crippen LogP contribution in [0.5, 0.6) is 0 Å². The average Bonchev–Trinajstić information content (AvgIpc) is 3.24. The summed E-state index contributed by atoms with van der Waals surface area (Å²) in [5.74, 6) is -1.03. The maximum atomic E-state index is 14.9. The first-order valence-electron chi connectivity index (χ1n) is 8.79. The number of halogens is 4. The molecular formula is C21H11BrCl2FN3O2. The van der Waals surface area contributed by atoms with Crippen molar-refractivity contribution in [2.75, 3.05) is 10.2 Å². The summed E-state index contributed by atoms with van der Waals surface area (Å²) in [6.45, 7) is 0. The summed E-state index contributed by atoms with van der Waals surface area (Å²) in [5.41, 5.74) is 0.0198. The van der Waals surface area contributed by atoms with Gasteiger partial charge in [0, 0.05) is 15.2 Å². The van der Waals surface area contributed by atoms with E-state index in [0.29, 0.717) is 22.0 Å². The van der Waals surface area contributed by atoms with E-state index in [1.54, 1.807) is 48.5 Å². The number of fused-ring (bicyclic) bond motifs is 2. The molecule has 1 N–H and O–H groups in total. The number of oxime groups is 1. The SMILES string of the molecule is O=C1Nc2ccc(Br)cc2[C@@]12ON=C(c1cccc(Cl)c1F)N2c1cccc(Cl)c1. The predicted molar refractivity (Wildman–Crippen MR) is 117 cm³/mol. The Kier molecular flexibility index (Phi) is 4.50. The summed E-state index contributed by atoms with van der Waals surface area (Å²) < 4.78 is 15.7. The van der Waals surface area contributed by atoms with Crippen LogP contribution in [0.25, 0.3) is 0 Å². The number of hydrogen-bond donors (Lipinski definition) is 1. The summed E-state index contributed by atoms with van der Waals surface area (Å²) >= 11 is 15.7. The number of carbonyl (C=O) groups excluding carboxylic acids is 1. The minimum atomic E-state index is -1.67. The third kappa shape index (κ3) is 2.73. The van der Waals surface area contributed by atoms with Crippen molar-refractivity contribution in [3.63, 3.8) is 0 Å². The maximum absolute atomic E-state index is 14.9. The largest absolute Gasteiger partial charge is 0.349 e. The highest BCUT2D eigenvalue weighted by atomic mass is 79.9. The molecule has 30 heavy (non-hydrogen) atoms. The number of rotatable bonds is 2. The van der Waals surface area contributed by atoms with E-state index in [4.69, 9.17) is 28.0 Å². The maximum Gasteiger partial charge on any atom is 0.322 e. The van der Waals surface area contributed by atoms with Crippen LogP contribution in [0.4, 0.5) is 15.8 Å². The standard InChI is InChI=1S/C21H11BrCl2FN3O2/c22-11-7-8-17-15(9-11)21(20(29)26-17)28(13-4-1-3-12(23)10-13)19(27-30-21)14-5-2-6-16(24)18(14)25/h1-10H,(H,26,29)/t21-/m1/s1. The highest BCUT2D eigenvalue weighted by Crippen LogP contribution is 2.48. The number of nitrogens with one attached hydrogen (secondary N) is 1. The van der Waals surface area contributed by atoms with Gasteiger partial charge in [-0.25, -0.2) is 4.39 Å². The van der Waals surface area contributed by atoms with Gasteiger partial charge in [-0.1, -0.05) is 56.4 Å². The van der Waals surface area contributed by atoms with Gasteiger partial charge in [0.2, 0.25) is 0 Å². The van der Waals surface area contributed by atoms with Gasteiger partial charge < -0.3 is 10.2 Å². The monoisotopic (exact) mass is 505 g/mol. The van der Waals surface area contributed by atoms with Gasteiger partial charge in [0.05, 0.1) is 21.8 Å². The lowest BCUT2D eigenvalue weighted by Gasteiger charge is -2.32. The number of carbonyl (C=O) groups is 1. The molecule has 0 saturated heterocycles. The Morgan fingerprint density at radius 3 is 2.70 bits per heavy atom. The molecule has 0 radical (unpaired) electrons. The molecule has 9 heteroatoms. The molecule has 3 aromatic carbocycles. The molecule has 0 fully saturated rings. The van der Waals surface area contributed by atoms with Crippen LogP contribution in [-0.4, -0.2) is 11.7 Å². The van der Waals surface area contributed by atoms with E-state index in [1.165, 1.54) is 17.0 Å². The number of amides is 1. The molecule has 150 valence electrons. The normalized spacial score (nSPS) is 19.5. The number of amidine groups is 1. The Bertz CT molecular complexity index is 1250. The predicted octanol–water partition coefficient (Wildman–Crippen LogP) is 5.90. The Morgan fingerprint density at radius 1 is 1.10 bits per heavy atom. The number of nitrogens with zero attached hydrogens (tertiary/aromatic N) is 2. The van der Waals surface area contributed by atoms with Gasteiger partial charge >= 0.3 is 5.72 Å². The van der Waals surface area contributed by atoms with Crippen LogP contribution < -0.4 is 10.2 Å². The molecule has 1 amide bonds. The average molecular weight is 507 g/mol. The fraction of sp³-hybridized carbons (Fsp3) is 0.0476. The van der Waals surface area contributed by atoms with Gasteiger partial charge in [-0.05, 0) is 48.5 Å². The van der Waals surface area contributed by atoms with Crippen LogP contribution in [-0.2, 0) is 15.4 Å². The second-order valence-corrected chi connectivity index (χ2v) is 8.47. The van der Waals surface area contributed by atoms with Crippen molar-refractivity contribution in [1.29, 1.82) is 0 Å². The van der Waals surface area contributed by atoms with E-state index in [2.05, 4.69) is 26.4 Å². The van der Waals surface area contributed by atoms with Crippen LogP contribution in [0.3, 0.4) is 0 Å². The molecule has 1 spiro atoms. The molecule has 5 nitrogen and oxygen atoms in total. The molecule has 0 saturated carbocycles. The minimum absolute atomic E-state index is 0.0683. The molecule has 0 unspecified atom stereocenters. The van der Waals surface area contributed by atoms with Crippen LogP contribution in [0.2, 0.25) is 10.0 Å². The van der Waals surface area contributed by atoms with Gasteiger partial charge in [0.15, 0.2) is 11.7 Å². The molecule has 5 rings (SSSR count). The lowest BCUT2D eigenvalue weighted by Crippen LogP contribution is -2.51. The number of anilines is 2. The van der Waals surface area contributed by atoms with Crippen molar-refractivity contribution in [2.45, 2.75) is 5.72 Å². The van der Waals surface area contributed by atoms with Crippen LogP contribution >= 0.6 is 39.1 Å². The Morgan fingerprint density at radius 2 is 1.90 bits per heavy atom. The van der Waals surface area contributed by atoms with Gasteiger partial charge in [-0.2, -0.15) is 0 Å². The molecule has 2 aliphatic rings. The van der Waals surface area contributed by atoms with Crippen LogP contribution in [0.1, 0.15) is 11.1 Å². The summed E-state index contributed by atoms with van der Waals surface area (Å²) in [7, 11) is 0. The zero-order valence-corrected chi connectivity index (χ0v) is 18.1. The zero-order chi connectivity index (χ0) is 21.0. The second-order valence-electron chi connectivity index (χ2n) is 6.71. The molecule has 0 bridgehead atoms. The Balaban J connectivity index is 1.78. The molecule has 0 aliphatic carbocycles. The van der Waals surface area contributed by atoms with Gasteiger partial charge in [0.1, 0.15) is 0 Å². The van der Waals surface area contributed by atoms with E-state index in [-0.39, 0.29) is 16.4 Å².